The molecule has 0 unspecified atom stereocenters. The number of hydrogen-bond acceptors (Lipinski definition) is 4. The molecule has 0 bridgehead atoms. The van der Waals surface area contributed by atoms with Gasteiger partial charge in [0.25, 0.3) is 5.69 Å². The molecule has 16 heavy (non-hydrogen) atoms. The van der Waals surface area contributed by atoms with Gasteiger partial charge < -0.3 is 4.74 Å². The van der Waals surface area contributed by atoms with Crippen molar-refractivity contribution in [3.8, 4) is 6.07 Å². The first-order valence-electron chi connectivity index (χ1n) is 4.65. The maximum absolute atomic E-state index is 10.6. The number of benzene rings is 1. The lowest BCUT2D eigenvalue weighted by molar-refractivity contribution is -0.384. The van der Waals surface area contributed by atoms with E-state index in [1.54, 1.807) is 0 Å². The topological polar surface area (TPSA) is 76.2 Å². The summed E-state index contributed by atoms with van der Waals surface area (Å²) in [7, 11) is 0. The number of non-ortho nitro benzene ring substituents is 1. The van der Waals surface area contributed by atoms with Crippen LogP contribution in [0.25, 0.3) is 6.08 Å². The van der Waals surface area contributed by atoms with Gasteiger partial charge in [-0.15, -0.1) is 0 Å². The van der Waals surface area contributed by atoms with Gasteiger partial charge in [0.2, 0.25) is 0 Å². The van der Waals surface area contributed by atoms with Crippen LogP contribution in [-0.2, 0) is 4.74 Å². The number of rotatable bonds is 4. The van der Waals surface area contributed by atoms with Crippen LogP contribution in [0.1, 0.15) is 18.1 Å². The Bertz CT molecular complexity index is 461. The molecule has 0 radical (unpaired) electrons. The van der Waals surface area contributed by atoms with Crippen LogP contribution in [0.3, 0.4) is 0 Å². The maximum atomic E-state index is 10.6. The number of nitrogens with zero attached hydrogens (tertiary/aromatic N) is 2. The van der Waals surface area contributed by atoms with E-state index in [1.807, 2.05) is 13.0 Å². The Morgan fingerprint density at radius 3 is 2.94 bits per heavy atom. The van der Waals surface area contributed by atoms with Crippen molar-refractivity contribution in [1.82, 2.24) is 0 Å². The molecule has 1 aromatic rings. The van der Waals surface area contributed by atoms with E-state index in [0.717, 1.165) is 0 Å². The molecule has 0 heterocycles. The highest BCUT2D eigenvalue weighted by molar-refractivity contribution is 5.60. The second-order valence-electron chi connectivity index (χ2n) is 2.90. The average molecular weight is 218 g/mol. The maximum Gasteiger partial charge on any atom is 0.270 e. The van der Waals surface area contributed by atoms with Crippen molar-refractivity contribution in [2.45, 2.75) is 6.92 Å². The number of ether oxygens (including phenoxy) is 1. The van der Waals surface area contributed by atoms with Crippen LogP contribution in [-0.4, -0.2) is 11.5 Å². The van der Waals surface area contributed by atoms with E-state index in [4.69, 9.17) is 10.00 Å². The summed E-state index contributed by atoms with van der Waals surface area (Å²) in [5.41, 5.74) is 0.807. The van der Waals surface area contributed by atoms with E-state index in [9.17, 15) is 10.1 Å². The van der Waals surface area contributed by atoms with E-state index < -0.39 is 4.92 Å². The molecule has 0 aliphatic carbocycles. The third-order valence-electron chi connectivity index (χ3n) is 1.88. The fourth-order valence-electron chi connectivity index (χ4n) is 1.12. The third kappa shape index (κ3) is 2.82. The molecule has 0 amide bonds. The molecule has 0 aromatic heterocycles. The summed E-state index contributed by atoms with van der Waals surface area (Å²) < 4.78 is 4.98. The first-order valence-corrected chi connectivity index (χ1v) is 4.65. The highest BCUT2D eigenvalue weighted by Gasteiger charge is 2.08. The molecule has 0 aliphatic rings. The summed E-state index contributed by atoms with van der Waals surface area (Å²) in [6, 6.07) is 6.02. The molecule has 5 nitrogen and oxygen atoms in total. The standard InChI is InChI=1S/C11H10N2O3/c1-2-16-6-5-9-7-11(13(14)15)4-3-10(9)8-12/h3-7H,2H2,1H3/b6-5+. The highest BCUT2D eigenvalue weighted by atomic mass is 16.6. The normalized spacial score (nSPS) is 10.0. The van der Waals surface area contributed by atoms with Crippen LogP contribution < -0.4 is 0 Å². The molecular weight excluding hydrogens is 208 g/mol. The quantitative estimate of drug-likeness (QED) is 0.442. The molecule has 0 aliphatic heterocycles. The van der Waals surface area contributed by atoms with Gasteiger partial charge in [0, 0.05) is 17.7 Å². The zero-order valence-electron chi connectivity index (χ0n) is 8.71. The zero-order valence-corrected chi connectivity index (χ0v) is 8.71. The molecule has 0 saturated heterocycles. The van der Waals surface area contributed by atoms with Crippen LogP contribution in [0.2, 0.25) is 0 Å². The van der Waals surface area contributed by atoms with Crippen molar-refractivity contribution in [3.05, 3.63) is 45.7 Å². The van der Waals surface area contributed by atoms with Gasteiger partial charge in [-0.2, -0.15) is 5.26 Å². The lowest BCUT2D eigenvalue weighted by Crippen LogP contribution is -1.90. The molecule has 1 rings (SSSR count). The van der Waals surface area contributed by atoms with Crippen molar-refractivity contribution < 1.29 is 9.66 Å². The van der Waals surface area contributed by atoms with Crippen molar-refractivity contribution in [3.63, 3.8) is 0 Å². The largest absolute Gasteiger partial charge is 0.501 e. The average Bonchev–Trinajstić information content (AvgIpc) is 2.29. The first-order chi connectivity index (χ1) is 7.69. The van der Waals surface area contributed by atoms with Gasteiger partial charge in [-0.05, 0) is 19.1 Å². The predicted molar refractivity (Wildman–Crippen MR) is 58.5 cm³/mol. The Kier molecular flexibility index (Phi) is 4.04. The first kappa shape index (κ1) is 11.7. The van der Waals surface area contributed by atoms with Crippen LogP contribution in [0.5, 0.6) is 0 Å². The fourth-order valence-corrected chi connectivity index (χ4v) is 1.12. The van der Waals surface area contributed by atoms with E-state index in [-0.39, 0.29) is 5.69 Å². The van der Waals surface area contributed by atoms with Gasteiger partial charge >= 0.3 is 0 Å². The van der Waals surface area contributed by atoms with Crippen LogP contribution in [0.15, 0.2) is 24.5 Å². The van der Waals surface area contributed by atoms with Crippen LogP contribution in [0.4, 0.5) is 5.69 Å². The molecule has 0 fully saturated rings. The second kappa shape index (κ2) is 5.51. The van der Waals surface area contributed by atoms with Gasteiger partial charge in [-0.3, -0.25) is 10.1 Å². The summed E-state index contributed by atoms with van der Waals surface area (Å²) in [5, 5.41) is 19.4. The molecule has 0 saturated carbocycles. The molecular formula is C11H10N2O3. The Labute approximate surface area is 92.7 Å². The minimum absolute atomic E-state index is 0.0462. The van der Waals surface area contributed by atoms with E-state index >= 15 is 0 Å². The van der Waals surface area contributed by atoms with Crippen molar-refractivity contribution >= 4 is 11.8 Å². The predicted octanol–water partition coefficient (Wildman–Crippen LogP) is 2.47. The Morgan fingerprint density at radius 2 is 2.38 bits per heavy atom. The molecule has 82 valence electrons. The van der Waals surface area contributed by atoms with E-state index in [0.29, 0.717) is 17.7 Å². The number of hydrogen-bond donors (Lipinski definition) is 0. The Morgan fingerprint density at radius 1 is 1.62 bits per heavy atom. The SMILES string of the molecule is CCO/C=C/c1cc([N+](=O)[O-])ccc1C#N. The Hall–Kier alpha value is -2.35. The monoisotopic (exact) mass is 218 g/mol. The van der Waals surface area contributed by atoms with Crippen molar-refractivity contribution in [2.75, 3.05) is 6.61 Å². The summed E-state index contributed by atoms with van der Waals surface area (Å²) >= 11 is 0. The summed E-state index contributed by atoms with van der Waals surface area (Å²) in [4.78, 5) is 10.0. The smallest absolute Gasteiger partial charge is 0.270 e. The summed E-state index contributed by atoms with van der Waals surface area (Å²) in [5.74, 6) is 0. The van der Waals surface area contributed by atoms with E-state index in [2.05, 4.69) is 0 Å². The summed E-state index contributed by atoms with van der Waals surface area (Å²) in [6.07, 6.45) is 2.95. The van der Waals surface area contributed by atoms with Gasteiger partial charge in [0.05, 0.1) is 29.4 Å². The number of nitriles is 1. The number of nitro benzene ring substituents is 1. The number of nitro groups is 1. The minimum atomic E-state index is -0.501. The van der Waals surface area contributed by atoms with Crippen LogP contribution >= 0.6 is 0 Å². The van der Waals surface area contributed by atoms with Gasteiger partial charge in [0.1, 0.15) is 0 Å². The zero-order chi connectivity index (χ0) is 12.0. The molecule has 0 N–H and O–H groups in total. The van der Waals surface area contributed by atoms with Gasteiger partial charge in [-0.1, -0.05) is 0 Å². The van der Waals surface area contributed by atoms with Crippen molar-refractivity contribution in [1.29, 1.82) is 5.26 Å². The van der Waals surface area contributed by atoms with Gasteiger partial charge in [-0.25, -0.2) is 0 Å². The highest BCUT2D eigenvalue weighted by Crippen LogP contribution is 2.18. The molecule has 0 atom stereocenters. The second-order valence-corrected chi connectivity index (χ2v) is 2.90. The molecule has 0 spiro atoms. The third-order valence-corrected chi connectivity index (χ3v) is 1.88. The van der Waals surface area contributed by atoms with Gasteiger partial charge in [0.15, 0.2) is 0 Å². The summed E-state index contributed by atoms with van der Waals surface area (Å²) in [6.45, 7) is 2.33. The fraction of sp³-hybridized carbons (Fsp3) is 0.182. The lowest BCUT2D eigenvalue weighted by atomic mass is 10.1. The molecule has 1 aromatic carbocycles. The van der Waals surface area contributed by atoms with Crippen LogP contribution in [0, 0.1) is 21.4 Å². The van der Waals surface area contributed by atoms with Crippen molar-refractivity contribution in [2.24, 2.45) is 0 Å². The lowest BCUT2D eigenvalue weighted by Gasteiger charge is -1.98. The Balaban J connectivity index is 3.08. The van der Waals surface area contributed by atoms with E-state index in [1.165, 1.54) is 30.5 Å². The minimum Gasteiger partial charge on any atom is -0.501 e. The molecule has 5 heteroatoms.